The van der Waals surface area contributed by atoms with E-state index in [1.54, 1.807) is 26.2 Å². The Morgan fingerprint density at radius 3 is 2.69 bits per heavy atom. The van der Waals surface area contributed by atoms with E-state index in [-0.39, 0.29) is 11.9 Å². The van der Waals surface area contributed by atoms with Crippen LogP contribution in [0.4, 0.5) is 4.39 Å². The van der Waals surface area contributed by atoms with E-state index < -0.39 is 0 Å². The molecule has 1 aromatic carbocycles. The third-order valence-corrected chi connectivity index (χ3v) is 2.05. The second-order valence-electron chi connectivity index (χ2n) is 2.97. The lowest BCUT2D eigenvalue weighted by atomic mass is 10.1. The number of aryl methyl sites for hydroxylation is 1. The molecule has 0 aliphatic rings. The molecule has 0 aliphatic heterocycles. The van der Waals surface area contributed by atoms with Crippen molar-refractivity contribution < 1.29 is 9.13 Å². The van der Waals surface area contributed by atoms with E-state index in [1.165, 1.54) is 6.07 Å². The number of hydrogen-bond donors (Lipinski definition) is 1. The first-order valence-corrected chi connectivity index (χ1v) is 4.18. The highest BCUT2D eigenvalue weighted by atomic mass is 19.1. The van der Waals surface area contributed by atoms with E-state index in [4.69, 9.17) is 10.5 Å². The molecule has 13 heavy (non-hydrogen) atoms. The molecule has 0 amide bonds. The highest BCUT2D eigenvalue weighted by molar-refractivity contribution is 5.25. The van der Waals surface area contributed by atoms with Crippen molar-refractivity contribution in [2.45, 2.75) is 13.0 Å². The van der Waals surface area contributed by atoms with Gasteiger partial charge < -0.3 is 10.5 Å². The third-order valence-electron chi connectivity index (χ3n) is 2.05. The van der Waals surface area contributed by atoms with Crippen molar-refractivity contribution in [3.8, 4) is 0 Å². The van der Waals surface area contributed by atoms with Crippen LogP contribution in [0.1, 0.15) is 17.2 Å². The summed E-state index contributed by atoms with van der Waals surface area (Å²) in [7, 11) is 1.59. The average molecular weight is 183 g/mol. The Morgan fingerprint density at radius 1 is 1.54 bits per heavy atom. The molecule has 0 radical (unpaired) electrons. The number of methoxy groups -OCH3 is 1. The summed E-state index contributed by atoms with van der Waals surface area (Å²) in [5, 5.41) is 0. The summed E-state index contributed by atoms with van der Waals surface area (Å²) in [6, 6.07) is 4.89. The Kier molecular flexibility index (Phi) is 3.39. The maximum atomic E-state index is 12.9. The summed E-state index contributed by atoms with van der Waals surface area (Å²) in [6.45, 7) is 2.13. The zero-order valence-corrected chi connectivity index (χ0v) is 7.88. The molecule has 0 fully saturated rings. The van der Waals surface area contributed by atoms with Crippen LogP contribution in [-0.4, -0.2) is 13.7 Å². The van der Waals surface area contributed by atoms with Crippen LogP contribution in [0.15, 0.2) is 18.2 Å². The van der Waals surface area contributed by atoms with E-state index in [0.717, 1.165) is 5.56 Å². The molecule has 0 spiro atoms. The fourth-order valence-electron chi connectivity index (χ4n) is 1.24. The van der Waals surface area contributed by atoms with Gasteiger partial charge in [-0.2, -0.15) is 0 Å². The van der Waals surface area contributed by atoms with Gasteiger partial charge in [0.05, 0.1) is 6.10 Å². The largest absolute Gasteiger partial charge is 0.375 e. The fourth-order valence-corrected chi connectivity index (χ4v) is 1.24. The average Bonchev–Trinajstić information content (AvgIpc) is 2.13. The number of nitrogens with two attached hydrogens (primary N) is 1. The number of hydrogen-bond acceptors (Lipinski definition) is 2. The number of halogens is 1. The van der Waals surface area contributed by atoms with E-state index in [0.29, 0.717) is 12.1 Å². The van der Waals surface area contributed by atoms with Crippen molar-refractivity contribution >= 4 is 0 Å². The summed E-state index contributed by atoms with van der Waals surface area (Å²) in [5.74, 6) is -0.198. The molecule has 3 heteroatoms. The van der Waals surface area contributed by atoms with Gasteiger partial charge in [-0.1, -0.05) is 12.1 Å². The smallest absolute Gasteiger partial charge is 0.126 e. The highest BCUT2D eigenvalue weighted by Gasteiger charge is 2.08. The SMILES string of the molecule is COC(CN)c1ccc(F)c(C)c1. The van der Waals surface area contributed by atoms with Crippen LogP contribution in [0, 0.1) is 12.7 Å². The Hall–Kier alpha value is -0.930. The monoisotopic (exact) mass is 183 g/mol. The van der Waals surface area contributed by atoms with Crippen molar-refractivity contribution in [1.29, 1.82) is 0 Å². The normalized spacial score (nSPS) is 12.9. The topological polar surface area (TPSA) is 35.2 Å². The molecular formula is C10H14FNO. The van der Waals surface area contributed by atoms with Gasteiger partial charge in [0, 0.05) is 13.7 Å². The van der Waals surface area contributed by atoms with Crippen LogP contribution in [0.5, 0.6) is 0 Å². The molecule has 1 atom stereocenters. The van der Waals surface area contributed by atoms with Crippen molar-refractivity contribution in [2.24, 2.45) is 5.73 Å². The number of rotatable bonds is 3. The Balaban J connectivity index is 2.95. The number of ether oxygens (including phenoxy) is 1. The molecule has 0 bridgehead atoms. The van der Waals surface area contributed by atoms with E-state index in [2.05, 4.69) is 0 Å². The molecule has 1 rings (SSSR count). The molecule has 2 nitrogen and oxygen atoms in total. The van der Waals surface area contributed by atoms with Gasteiger partial charge in [-0.25, -0.2) is 4.39 Å². The van der Waals surface area contributed by atoms with Gasteiger partial charge in [-0.05, 0) is 24.1 Å². The van der Waals surface area contributed by atoms with E-state index >= 15 is 0 Å². The summed E-state index contributed by atoms with van der Waals surface area (Å²) in [4.78, 5) is 0. The maximum Gasteiger partial charge on any atom is 0.126 e. The minimum atomic E-state index is -0.198. The second-order valence-corrected chi connectivity index (χ2v) is 2.97. The minimum absolute atomic E-state index is 0.140. The zero-order valence-electron chi connectivity index (χ0n) is 7.88. The van der Waals surface area contributed by atoms with Gasteiger partial charge in [-0.3, -0.25) is 0 Å². The first-order valence-electron chi connectivity index (χ1n) is 4.18. The van der Waals surface area contributed by atoms with Crippen LogP contribution < -0.4 is 5.73 Å². The molecule has 72 valence electrons. The van der Waals surface area contributed by atoms with Gasteiger partial charge in [0.1, 0.15) is 5.82 Å². The predicted molar refractivity (Wildman–Crippen MR) is 49.9 cm³/mol. The van der Waals surface area contributed by atoms with Gasteiger partial charge in [0.15, 0.2) is 0 Å². The van der Waals surface area contributed by atoms with Crippen molar-refractivity contribution in [2.75, 3.05) is 13.7 Å². The highest BCUT2D eigenvalue weighted by Crippen LogP contribution is 2.18. The lowest BCUT2D eigenvalue weighted by molar-refractivity contribution is 0.110. The van der Waals surface area contributed by atoms with Crippen molar-refractivity contribution in [1.82, 2.24) is 0 Å². The molecular weight excluding hydrogens is 169 g/mol. The van der Waals surface area contributed by atoms with Crippen molar-refractivity contribution in [3.63, 3.8) is 0 Å². The van der Waals surface area contributed by atoms with Crippen LogP contribution >= 0.6 is 0 Å². The Labute approximate surface area is 77.5 Å². The third kappa shape index (κ3) is 2.26. The Morgan fingerprint density at radius 2 is 2.23 bits per heavy atom. The standard InChI is InChI=1S/C10H14FNO/c1-7-5-8(3-4-9(7)11)10(6-12)13-2/h3-5,10H,6,12H2,1-2H3. The quantitative estimate of drug-likeness (QED) is 0.775. The van der Waals surface area contributed by atoms with Crippen LogP contribution in [0.25, 0.3) is 0 Å². The molecule has 1 aromatic rings. The molecule has 1 unspecified atom stereocenters. The van der Waals surface area contributed by atoms with Gasteiger partial charge in [0.2, 0.25) is 0 Å². The van der Waals surface area contributed by atoms with E-state index in [9.17, 15) is 4.39 Å². The Bertz CT molecular complexity index is 284. The first-order chi connectivity index (χ1) is 6.19. The summed E-state index contributed by atoms with van der Waals surface area (Å²) in [5.41, 5.74) is 7.02. The first kappa shape index (κ1) is 10.2. The fraction of sp³-hybridized carbons (Fsp3) is 0.400. The van der Waals surface area contributed by atoms with Gasteiger partial charge in [0.25, 0.3) is 0 Å². The van der Waals surface area contributed by atoms with Gasteiger partial charge >= 0.3 is 0 Å². The van der Waals surface area contributed by atoms with Crippen LogP contribution in [0.2, 0.25) is 0 Å². The van der Waals surface area contributed by atoms with Gasteiger partial charge in [-0.15, -0.1) is 0 Å². The molecule has 0 aromatic heterocycles. The number of benzene rings is 1. The maximum absolute atomic E-state index is 12.9. The molecule has 0 aliphatic carbocycles. The summed E-state index contributed by atoms with van der Waals surface area (Å²) < 4.78 is 18.0. The lowest BCUT2D eigenvalue weighted by Gasteiger charge is -2.13. The van der Waals surface area contributed by atoms with Crippen LogP contribution in [-0.2, 0) is 4.74 Å². The van der Waals surface area contributed by atoms with E-state index in [1.807, 2.05) is 0 Å². The predicted octanol–water partition coefficient (Wildman–Crippen LogP) is 1.78. The van der Waals surface area contributed by atoms with Crippen LogP contribution in [0.3, 0.4) is 0 Å². The summed E-state index contributed by atoms with van der Waals surface area (Å²) in [6.07, 6.45) is -0.140. The van der Waals surface area contributed by atoms with Crippen molar-refractivity contribution in [3.05, 3.63) is 35.1 Å². The minimum Gasteiger partial charge on any atom is -0.375 e. The lowest BCUT2D eigenvalue weighted by Crippen LogP contribution is -2.14. The molecule has 0 saturated carbocycles. The summed E-state index contributed by atoms with van der Waals surface area (Å²) >= 11 is 0. The second kappa shape index (κ2) is 4.35. The zero-order chi connectivity index (χ0) is 9.84. The molecule has 0 saturated heterocycles. The molecule has 2 N–H and O–H groups in total. The molecule has 0 heterocycles.